The molecule has 0 saturated heterocycles. The molecule has 0 radical (unpaired) electrons. The summed E-state index contributed by atoms with van der Waals surface area (Å²) < 4.78 is 0. The highest BCUT2D eigenvalue weighted by atomic mass is 16.1. The van der Waals surface area contributed by atoms with Crippen LogP contribution >= 0.6 is 0 Å². The van der Waals surface area contributed by atoms with E-state index in [2.05, 4.69) is 24.1 Å². The van der Waals surface area contributed by atoms with Crippen LogP contribution in [0.3, 0.4) is 0 Å². The summed E-state index contributed by atoms with van der Waals surface area (Å²) in [5.74, 6) is 0.0952. The molecule has 3 heteroatoms. The van der Waals surface area contributed by atoms with Crippen LogP contribution in [-0.2, 0) is 4.79 Å². The van der Waals surface area contributed by atoms with Crippen molar-refractivity contribution in [2.75, 3.05) is 26.2 Å². The zero-order valence-electron chi connectivity index (χ0n) is 9.76. The number of ketones is 1. The second kappa shape index (κ2) is 7.56. The highest BCUT2D eigenvalue weighted by molar-refractivity contribution is 5.87. The maximum absolute atomic E-state index is 10.7. The van der Waals surface area contributed by atoms with Crippen LogP contribution < -0.4 is 5.32 Å². The number of allylic oxidation sites excluding steroid dienone is 2. The minimum Gasteiger partial charge on any atom is -0.387 e. The van der Waals surface area contributed by atoms with Crippen LogP contribution in [0.2, 0.25) is 0 Å². The predicted octanol–water partition coefficient (Wildman–Crippen LogP) is 1.41. The molecule has 0 unspecified atom stereocenters. The van der Waals surface area contributed by atoms with E-state index in [1.54, 1.807) is 13.0 Å². The molecule has 1 N–H and O–H groups in total. The smallest absolute Gasteiger partial charge is 0.154 e. The number of carbonyl (C=O) groups is 1. The van der Waals surface area contributed by atoms with E-state index in [1.807, 2.05) is 6.92 Å². The number of hydrogen-bond donors (Lipinski definition) is 1. The predicted molar refractivity (Wildman–Crippen MR) is 60.2 cm³/mol. The number of likely N-dealkylation sites (N-methyl/N-ethyl adjacent to an activating group) is 1. The van der Waals surface area contributed by atoms with Gasteiger partial charge in [0.15, 0.2) is 5.78 Å². The van der Waals surface area contributed by atoms with Gasteiger partial charge < -0.3 is 10.2 Å². The maximum atomic E-state index is 10.7. The number of carbonyl (C=O) groups excluding carboxylic acids is 1. The summed E-state index contributed by atoms with van der Waals surface area (Å²) in [6, 6.07) is 0. The van der Waals surface area contributed by atoms with Crippen molar-refractivity contribution < 1.29 is 4.79 Å². The van der Waals surface area contributed by atoms with Gasteiger partial charge in [-0.05, 0) is 33.0 Å². The van der Waals surface area contributed by atoms with Crippen LogP contribution in [0.1, 0.15) is 27.7 Å². The normalized spacial score (nSPS) is 11.9. The van der Waals surface area contributed by atoms with E-state index in [-0.39, 0.29) is 5.78 Å². The van der Waals surface area contributed by atoms with Gasteiger partial charge in [0.2, 0.25) is 0 Å². The standard InChI is InChI=1S/C11H22N2O/c1-5-13(6-2)8-7-12-10(3)9-11(4)14/h9,12H,5-8H2,1-4H3/b10-9-. The van der Waals surface area contributed by atoms with Gasteiger partial charge in [-0.25, -0.2) is 0 Å². The lowest BCUT2D eigenvalue weighted by molar-refractivity contribution is -0.112. The number of nitrogens with zero attached hydrogens (tertiary/aromatic N) is 1. The molecule has 0 atom stereocenters. The first-order valence-corrected chi connectivity index (χ1v) is 5.25. The topological polar surface area (TPSA) is 32.3 Å². The average molecular weight is 198 g/mol. The van der Waals surface area contributed by atoms with E-state index in [4.69, 9.17) is 0 Å². The van der Waals surface area contributed by atoms with Crippen LogP contribution in [0.4, 0.5) is 0 Å². The van der Waals surface area contributed by atoms with Crippen molar-refractivity contribution >= 4 is 5.78 Å². The van der Waals surface area contributed by atoms with Crippen molar-refractivity contribution in [3.8, 4) is 0 Å². The summed E-state index contributed by atoms with van der Waals surface area (Å²) in [4.78, 5) is 13.1. The van der Waals surface area contributed by atoms with E-state index < -0.39 is 0 Å². The summed E-state index contributed by atoms with van der Waals surface area (Å²) in [6.07, 6.45) is 1.63. The lowest BCUT2D eigenvalue weighted by Gasteiger charge is -2.18. The van der Waals surface area contributed by atoms with Crippen molar-refractivity contribution in [1.82, 2.24) is 10.2 Å². The van der Waals surface area contributed by atoms with Gasteiger partial charge in [0, 0.05) is 18.8 Å². The molecule has 0 saturated carbocycles. The molecule has 0 aliphatic carbocycles. The van der Waals surface area contributed by atoms with Gasteiger partial charge in [-0.3, -0.25) is 4.79 Å². The Kier molecular flexibility index (Phi) is 7.11. The Morgan fingerprint density at radius 1 is 1.29 bits per heavy atom. The number of hydrogen-bond acceptors (Lipinski definition) is 3. The lowest BCUT2D eigenvalue weighted by atomic mass is 10.3. The Bertz CT molecular complexity index is 195. The van der Waals surface area contributed by atoms with E-state index in [1.165, 1.54) is 0 Å². The van der Waals surface area contributed by atoms with Crippen LogP contribution in [0.15, 0.2) is 11.8 Å². The first kappa shape index (κ1) is 13.2. The molecule has 0 aliphatic heterocycles. The Morgan fingerprint density at radius 3 is 2.29 bits per heavy atom. The Hall–Kier alpha value is -0.830. The molecule has 0 aromatic carbocycles. The van der Waals surface area contributed by atoms with Gasteiger partial charge >= 0.3 is 0 Å². The molecule has 0 bridgehead atoms. The maximum Gasteiger partial charge on any atom is 0.154 e. The van der Waals surface area contributed by atoms with E-state index in [0.717, 1.165) is 31.9 Å². The van der Waals surface area contributed by atoms with E-state index >= 15 is 0 Å². The first-order valence-electron chi connectivity index (χ1n) is 5.25. The molecule has 0 aliphatic rings. The van der Waals surface area contributed by atoms with Crippen LogP contribution in [0.5, 0.6) is 0 Å². The zero-order valence-corrected chi connectivity index (χ0v) is 9.76. The number of nitrogens with one attached hydrogen (secondary N) is 1. The second-order valence-corrected chi connectivity index (χ2v) is 3.39. The van der Waals surface area contributed by atoms with Gasteiger partial charge in [0.05, 0.1) is 0 Å². The van der Waals surface area contributed by atoms with Crippen LogP contribution in [-0.4, -0.2) is 36.9 Å². The molecular formula is C11H22N2O. The molecule has 82 valence electrons. The van der Waals surface area contributed by atoms with Gasteiger partial charge in [-0.2, -0.15) is 0 Å². The Balaban J connectivity index is 3.67. The summed E-state index contributed by atoms with van der Waals surface area (Å²) in [5, 5.41) is 3.21. The summed E-state index contributed by atoms with van der Waals surface area (Å²) >= 11 is 0. The fraction of sp³-hybridized carbons (Fsp3) is 0.727. The van der Waals surface area contributed by atoms with Gasteiger partial charge in [-0.15, -0.1) is 0 Å². The van der Waals surface area contributed by atoms with Crippen molar-refractivity contribution in [3.63, 3.8) is 0 Å². The Labute approximate surface area is 87.2 Å². The third-order valence-electron chi connectivity index (χ3n) is 2.15. The molecule has 0 aromatic rings. The summed E-state index contributed by atoms with van der Waals surface area (Å²) in [7, 11) is 0. The lowest BCUT2D eigenvalue weighted by Crippen LogP contribution is -2.31. The zero-order chi connectivity index (χ0) is 11.0. The molecule has 3 nitrogen and oxygen atoms in total. The molecule has 0 aromatic heterocycles. The van der Waals surface area contributed by atoms with Gasteiger partial charge in [0.1, 0.15) is 0 Å². The molecular weight excluding hydrogens is 176 g/mol. The van der Waals surface area contributed by atoms with E-state index in [0.29, 0.717) is 0 Å². The molecule has 0 amide bonds. The highest BCUT2D eigenvalue weighted by Gasteiger charge is 1.97. The van der Waals surface area contributed by atoms with Gasteiger partial charge in [-0.1, -0.05) is 13.8 Å². The summed E-state index contributed by atoms with van der Waals surface area (Å²) in [5.41, 5.74) is 0.949. The largest absolute Gasteiger partial charge is 0.387 e. The SMILES string of the molecule is CCN(CC)CCN/C(C)=C\C(C)=O. The highest BCUT2D eigenvalue weighted by Crippen LogP contribution is 1.89. The molecule has 0 spiro atoms. The molecule has 14 heavy (non-hydrogen) atoms. The fourth-order valence-electron chi connectivity index (χ4n) is 1.31. The van der Waals surface area contributed by atoms with Crippen LogP contribution in [0, 0.1) is 0 Å². The number of rotatable bonds is 7. The quantitative estimate of drug-likeness (QED) is 0.628. The second-order valence-electron chi connectivity index (χ2n) is 3.39. The van der Waals surface area contributed by atoms with Gasteiger partial charge in [0.25, 0.3) is 0 Å². The summed E-state index contributed by atoms with van der Waals surface area (Å²) in [6.45, 7) is 11.9. The van der Waals surface area contributed by atoms with Crippen LogP contribution in [0.25, 0.3) is 0 Å². The first-order chi connectivity index (χ1) is 6.60. The Morgan fingerprint density at radius 2 is 1.86 bits per heavy atom. The molecule has 0 fully saturated rings. The third kappa shape index (κ3) is 6.66. The third-order valence-corrected chi connectivity index (χ3v) is 2.15. The minimum atomic E-state index is 0.0952. The minimum absolute atomic E-state index is 0.0952. The molecule has 0 heterocycles. The van der Waals surface area contributed by atoms with Crippen molar-refractivity contribution in [2.45, 2.75) is 27.7 Å². The van der Waals surface area contributed by atoms with Crippen molar-refractivity contribution in [3.05, 3.63) is 11.8 Å². The molecule has 0 rings (SSSR count). The van der Waals surface area contributed by atoms with E-state index in [9.17, 15) is 4.79 Å². The monoisotopic (exact) mass is 198 g/mol. The average Bonchev–Trinajstić information content (AvgIpc) is 2.11. The van der Waals surface area contributed by atoms with Crippen molar-refractivity contribution in [2.24, 2.45) is 0 Å². The fourth-order valence-corrected chi connectivity index (χ4v) is 1.31. The van der Waals surface area contributed by atoms with Crippen molar-refractivity contribution in [1.29, 1.82) is 0 Å².